The van der Waals surface area contributed by atoms with Crippen LogP contribution in [0.15, 0.2) is 65.3 Å². The summed E-state index contributed by atoms with van der Waals surface area (Å²) in [7, 11) is 1.54. The van der Waals surface area contributed by atoms with Crippen molar-refractivity contribution in [2.24, 2.45) is 0 Å². The summed E-state index contributed by atoms with van der Waals surface area (Å²) in [4.78, 5) is 32.7. The van der Waals surface area contributed by atoms with Gasteiger partial charge in [-0.05, 0) is 46.6 Å². The first kappa shape index (κ1) is 20.6. The summed E-state index contributed by atoms with van der Waals surface area (Å²) in [6.07, 6.45) is 1.47. The number of para-hydroxylation sites is 2. The quantitative estimate of drug-likeness (QED) is 0.325. The molecule has 0 unspecified atom stereocenters. The summed E-state index contributed by atoms with van der Waals surface area (Å²) in [5, 5.41) is 9.60. The lowest BCUT2D eigenvalue weighted by molar-refractivity contribution is 0.0961. The van der Waals surface area contributed by atoms with E-state index in [0.717, 1.165) is 22.2 Å². The number of aromatic amines is 1. The van der Waals surface area contributed by atoms with Crippen molar-refractivity contribution in [3.8, 4) is 0 Å². The summed E-state index contributed by atoms with van der Waals surface area (Å²) >= 11 is 3.51. The molecule has 4 rings (SSSR count). The summed E-state index contributed by atoms with van der Waals surface area (Å²) in [6.45, 7) is 1.97. The number of hydrogen-bond donors (Lipinski definition) is 4. The number of halogens is 1. The molecule has 2 heterocycles. The van der Waals surface area contributed by atoms with E-state index < -0.39 is 0 Å². The van der Waals surface area contributed by atoms with Crippen molar-refractivity contribution in [2.45, 2.75) is 6.92 Å². The third-order valence-corrected chi connectivity index (χ3v) is 5.72. The molecule has 8 heteroatoms. The maximum Gasteiger partial charge on any atom is 0.273 e. The molecule has 0 atom stereocenters. The predicted octanol–water partition coefficient (Wildman–Crippen LogP) is 4.99. The summed E-state index contributed by atoms with van der Waals surface area (Å²) in [5.41, 5.74) is 3.83. The zero-order chi connectivity index (χ0) is 22.0. The lowest BCUT2D eigenvalue weighted by Crippen LogP contribution is -2.20. The number of amides is 2. The van der Waals surface area contributed by atoms with Crippen molar-refractivity contribution in [1.82, 2.24) is 15.3 Å². The Morgan fingerprint density at radius 2 is 1.74 bits per heavy atom. The number of carbonyl (C=O) groups is 2. The number of fused-ring (bicyclic) bond motifs is 1. The standard InChI is InChI=1S/C23H20BrN5O2/c1-13-7-3-5-9-16(13)28-21-18(11-14(12-26-21)22(30)25-2)29-23(31)20-19(24)15-8-4-6-10-17(15)27-20/h3-12,27H,1-2H3,(H,25,30)(H,26,28)(H,29,31). The van der Waals surface area contributed by atoms with Crippen LogP contribution in [0, 0.1) is 6.92 Å². The number of pyridine rings is 1. The van der Waals surface area contributed by atoms with Crippen molar-refractivity contribution in [2.75, 3.05) is 17.7 Å². The highest BCUT2D eigenvalue weighted by Crippen LogP contribution is 2.30. The number of H-pyrrole nitrogens is 1. The van der Waals surface area contributed by atoms with Crippen molar-refractivity contribution in [3.63, 3.8) is 0 Å². The summed E-state index contributed by atoms with van der Waals surface area (Å²) in [6, 6.07) is 17.0. The number of benzene rings is 2. The second kappa shape index (κ2) is 8.61. The first-order valence-electron chi connectivity index (χ1n) is 9.60. The topological polar surface area (TPSA) is 98.9 Å². The average Bonchev–Trinajstić information content (AvgIpc) is 3.12. The fourth-order valence-corrected chi connectivity index (χ4v) is 3.84. The number of anilines is 3. The van der Waals surface area contributed by atoms with Gasteiger partial charge in [-0.25, -0.2) is 4.98 Å². The predicted molar refractivity (Wildman–Crippen MR) is 126 cm³/mol. The van der Waals surface area contributed by atoms with Crippen LogP contribution < -0.4 is 16.0 Å². The summed E-state index contributed by atoms with van der Waals surface area (Å²) in [5.74, 6) is -0.216. The SMILES string of the molecule is CNC(=O)c1cnc(Nc2ccccc2C)c(NC(=O)c2[nH]c3ccccc3c2Br)c1. The molecule has 31 heavy (non-hydrogen) atoms. The highest BCUT2D eigenvalue weighted by atomic mass is 79.9. The van der Waals surface area contributed by atoms with Gasteiger partial charge in [0.1, 0.15) is 5.69 Å². The van der Waals surface area contributed by atoms with Gasteiger partial charge in [0.05, 0.1) is 15.7 Å². The molecule has 0 fully saturated rings. The first-order valence-corrected chi connectivity index (χ1v) is 10.4. The molecule has 7 nitrogen and oxygen atoms in total. The van der Waals surface area contributed by atoms with E-state index in [1.807, 2.05) is 55.5 Å². The third-order valence-electron chi connectivity index (χ3n) is 4.89. The minimum atomic E-state index is -0.355. The Hall–Kier alpha value is -3.65. The number of aromatic nitrogens is 2. The normalized spacial score (nSPS) is 10.7. The molecule has 2 aromatic carbocycles. The molecular formula is C23H20BrN5O2. The van der Waals surface area contributed by atoms with Gasteiger partial charge in [0, 0.05) is 29.8 Å². The Balaban J connectivity index is 1.72. The van der Waals surface area contributed by atoms with E-state index in [4.69, 9.17) is 0 Å². The van der Waals surface area contributed by atoms with Crippen molar-refractivity contribution < 1.29 is 9.59 Å². The van der Waals surface area contributed by atoms with Gasteiger partial charge in [0.15, 0.2) is 5.82 Å². The van der Waals surface area contributed by atoms with Gasteiger partial charge in [0.2, 0.25) is 0 Å². The Morgan fingerprint density at radius 1 is 1.00 bits per heavy atom. The monoisotopic (exact) mass is 477 g/mol. The van der Waals surface area contributed by atoms with Gasteiger partial charge in [-0.2, -0.15) is 0 Å². The van der Waals surface area contributed by atoms with Crippen LogP contribution in [0.4, 0.5) is 17.2 Å². The van der Waals surface area contributed by atoms with E-state index in [9.17, 15) is 9.59 Å². The minimum absolute atomic E-state index is 0.294. The Morgan fingerprint density at radius 3 is 2.48 bits per heavy atom. The van der Waals surface area contributed by atoms with Crippen LogP contribution >= 0.6 is 15.9 Å². The fraction of sp³-hybridized carbons (Fsp3) is 0.0870. The van der Waals surface area contributed by atoms with E-state index in [1.54, 1.807) is 13.1 Å². The molecule has 0 aliphatic rings. The largest absolute Gasteiger partial charge is 0.355 e. The number of hydrogen-bond acceptors (Lipinski definition) is 4. The molecular weight excluding hydrogens is 458 g/mol. The molecule has 4 N–H and O–H groups in total. The second-order valence-corrected chi connectivity index (χ2v) is 7.75. The van der Waals surface area contributed by atoms with Crippen LogP contribution in [0.3, 0.4) is 0 Å². The van der Waals surface area contributed by atoms with E-state index >= 15 is 0 Å². The molecule has 0 aliphatic carbocycles. The molecule has 0 spiro atoms. The van der Waals surface area contributed by atoms with Gasteiger partial charge in [-0.15, -0.1) is 0 Å². The first-order chi connectivity index (χ1) is 15.0. The van der Waals surface area contributed by atoms with Crippen LogP contribution in [0.25, 0.3) is 10.9 Å². The Bertz CT molecular complexity index is 1300. The van der Waals surface area contributed by atoms with Gasteiger partial charge >= 0.3 is 0 Å². The van der Waals surface area contributed by atoms with Crippen LogP contribution in [-0.2, 0) is 0 Å². The zero-order valence-electron chi connectivity index (χ0n) is 16.9. The van der Waals surface area contributed by atoms with Gasteiger partial charge in [0.25, 0.3) is 11.8 Å². The van der Waals surface area contributed by atoms with E-state index in [-0.39, 0.29) is 11.8 Å². The molecule has 2 aromatic heterocycles. The number of aryl methyl sites for hydroxylation is 1. The molecule has 0 bridgehead atoms. The molecule has 0 aliphatic heterocycles. The lowest BCUT2D eigenvalue weighted by atomic mass is 10.2. The lowest BCUT2D eigenvalue weighted by Gasteiger charge is -2.14. The maximum atomic E-state index is 13.1. The second-order valence-electron chi connectivity index (χ2n) is 6.95. The van der Waals surface area contributed by atoms with Crippen molar-refractivity contribution in [1.29, 1.82) is 0 Å². The van der Waals surface area contributed by atoms with E-state index in [1.165, 1.54) is 6.20 Å². The Kier molecular flexibility index (Phi) is 5.73. The summed E-state index contributed by atoms with van der Waals surface area (Å²) < 4.78 is 0.671. The highest BCUT2D eigenvalue weighted by molar-refractivity contribution is 9.10. The van der Waals surface area contributed by atoms with E-state index in [2.05, 4.69) is 41.8 Å². The number of nitrogens with one attached hydrogen (secondary N) is 4. The molecule has 2 amide bonds. The van der Waals surface area contributed by atoms with Gasteiger partial charge in [-0.3, -0.25) is 9.59 Å². The number of rotatable bonds is 5. The van der Waals surface area contributed by atoms with Crippen LogP contribution in [0.5, 0.6) is 0 Å². The smallest absolute Gasteiger partial charge is 0.273 e. The number of nitrogens with zero attached hydrogens (tertiary/aromatic N) is 1. The maximum absolute atomic E-state index is 13.1. The van der Waals surface area contributed by atoms with E-state index in [0.29, 0.717) is 27.2 Å². The minimum Gasteiger partial charge on any atom is -0.355 e. The molecule has 0 radical (unpaired) electrons. The fourth-order valence-electron chi connectivity index (χ4n) is 3.22. The Labute approximate surface area is 187 Å². The van der Waals surface area contributed by atoms with Crippen LogP contribution in [0.2, 0.25) is 0 Å². The highest BCUT2D eigenvalue weighted by Gasteiger charge is 2.19. The van der Waals surface area contributed by atoms with Gasteiger partial charge in [-0.1, -0.05) is 36.4 Å². The molecule has 156 valence electrons. The number of carbonyl (C=O) groups excluding carboxylic acids is 2. The van der Waals surface area contributed by atoms with Crippen molar-refractivity contribution >= 4 is 55.8 Å². The van der Waals surface area contributed by atoms with Crippen molar-refractivity contribution in [3.05, 3.63) is 82.1 Å². The average molecular weight is 478 g/mol. The van der Waals surface area contributed by atoms with Crippen LogP contribution in [0.1, 0.15) is 26.4 Å². The van der Waals surface area contributed by atoms with Gasteiger partial charge < -0.3 is 20.9 Å². The third kappa shape index (κ3) is 4.15. The molecule has 0 saturated carbocycles. The zero-order valence-corrected chi connectivity index (χ0v) is 18.5. The van der Waals surface area contributed by atoms with Crippen LogP contribution in [-0.4, -0.2) is 28.8 Å². The molecule has 0 saturated heterocycles. The molecule has 4 aromatic rings.